The second-order valence-electron chi connectivity index (χ2n) is 8.44. The molecule has 0 aliphatic heterocycles. The van der Waals surface area contributed by atoms with Gasteiger partial charge in [-0.1, -0.05) is 60.1 Å². The van der Waals surface area contributed by atoms with E-state index in [0.717, 1.165) is 44.8 Å². The summed E-state index contributed by atoms with van der Waals surface area (Å²) >= 11 is 6.16. The number of halogens is 2. The van der Waals surface area contributed by atoms with Crippen molar-refractivity contribution in [3.05, 3.63) is 119 Å². The number of aromatic nitrogens is 1. The first-order valence-corrected chi connectivity index (χ1v) is 11.4. The third-order valence-electron chi connectivity index (χ3n) is 5.90. The molecule has 1 unspecified atom stereocenters. The van der Waals surface area contributed by atoms with Crippen LogP contribution in [0.3, 0.4) is 0 Å². The summed E-state index contributed by atoms with van der Waals surface area (Å²) in [6, 6.07) is 30.8. The van der Waals surface area contributed by atoms with Crippen LogP contribution in [0.1, 0.15) is 17.2 Å². The van der Waals surface area contributed by atoms with Gasteiger partial charge in [0.1, 0.15) is 17.3 Å². The lowest BCUT2D eigenvalue weighted by atomic mass is 9.92. The highest BCUT2D eigenvalue weighted by Gasteiger charge is 2.26. The number of nitrogens with zero attached hydrogens (tertiary/aromatic N) is 1. The maximum Gasteiger partial charge on any atom is 0.141 e. The molecule has 0 saturated heterocycles. The van der Waals surface area contributed by atoms with E-state index < -0.39 is 5.82 Å². The lowest BCUT2D eigenvalue weighted by Crippen LogP contribution is -2.21. The van der Waals surface area contributed by atoms with E-state index in [-0.39, 0.29) is 11.1 Å². The summed E-state index contributed by atoms with van der Waals surface area (Å²) in [6.45, 7) is 0. The average Bonchev–Trinajstić information content (AvgIpc) is 3.21. The lowest BCUT2D eigenvalue weighted by Gasteiger charge is -2.27. The Morgan fingerprint density at radius 3 is 2.32 bits per heavy atom. The molecular formula is C29H24ClFN2O. The summed E-state index contributed by atoms with van der Waals surface area (Å²) < 4.78 is 20.0. The summed E-state index contributed by atoms with van der Waals surface area (Å²) in [5.41, 5.74) is 4.94. The molecule has 4 aromatic carbocycles. The minimum absolute atomic E-state index is 0.0886. The van der Waals surface area contributed by atoms with E-state index in [1.165, 1.54) is 6.07 Å². The molecule has 1 N–H and O–H groups in total. The van der Waals surface area contributed by atoms with Crippen molar-refractivity contribution < 1.29 is 9.13 Å². The molecule has 0 amide bonds. The summed E-state index contributed by atoms with van der Waals surface area (Å²) in [5.74, 6) is 1.12. The van der Waals surface area contributed by atoms with Crippen molar-refractivity contribution in [1.82, 2.24) is 9.88 Å². The van der Waals surface area contributed by atoms with Gasteiger partial charge in [-0.2, -0.15) is 0 Å². The Labute approximate surface area is 203 Å². The fourth-order valence-corrected chi connectivity index (χ4v) is 4.60. The molecule has 5 aromatic rings. The Morgan fingerprint density at radius 2 is 1.56 bits per heavy atom. The fraction of sp³-hybridized carbons (Fsp3) is 0.103. The highest BCUT2D eigenvalue weighted by molar-refractivity contribution is 6.31. The Morgan fingerprint density at radius 1 is 0.824 bits per heavy atom. The molecule has 0 aliphatic carbocycles. The number of benzene rings is 4. The van der Waals surface area contributed by atoms with Gasteiger partial charge in [-0.15, -0.1) is 0 Å². The number of hydrogen-bond donors (Lipinski definition) is 1. The number of fused-ring (bicyclic) bond motifs is 1. The van der Waals surface area contributed by atoms with Gasteiger partial charge < -0.3 is 9.72 Å². The Kier molecular flexibility index (Phi) is 6.10. The first kappa shape index (κ1) is 22.2. The lowest BCUT2D eigenvalue weighted by molar-refractivity contribution is 0.343. The van der Waals surface area contributed by atoms with E-state index >= 15 is 0 Å². The molecule has 1 atom stereocenters. The van der Waals surface area contributed by atoms with Gasteiger partial charge in [-0.05, 0) is 73.8 Å². The molecule has 1 heterocycles. The molecule has 5 heteroatoms. The van der Waals surface area contributed by atoms with Crippen molar-refractivity contribution in [2.45, 2.75) is 6.04 Å². The number of H-pyrrole nitrogens is 1. The van der Waals surface area contributed by atoms with Gasteiger partial charge in [0, 0.05) is 16.5 Å². The Bertz CT molecular complexity index is 1450. The van der Waals surface area contributed by atoms with Crippen molar-refractivity contribution in [3.63, 3.8) is 0 Å². The standard InChI is InChI=1S/C29H24ClFN2O/c1-33(2)29(20-9-8-12-22(17-20)34-21-10-4-3-5-11-21)27-23-13-6-7-14-26(23)32-28(27)19-15-16-25(31)24(30)18-19/h3-18,29,32H,1-2H3. The number of aromatic amines is 1. The van der Waals surface area contributed by atoms with E-state index in [4.69, 9.17) is 16.3 Å². The average molecular weight is 471 g/mol. The van der Waals surface area contributed by atoms with Gasteiger partial charge in [-0.25, -0.2) is 4.39 Å². The van der Waals surface area contributed by atoms with Crippen molar-refractivity contribution >= 4 is 22.5 Å². The topological polar surface area (TPSA) is 28.3 Å². The molecule has 5 rings (SSSR count). The van der Waals surface area contributed by atoms with Crippen LogP contribution in [0, 0.1) is 5.82 Å². The van der Waals surface area contributed by atoms with Gasteiger partial charge in [-0.3, -0.25) is 4.90 Å². The minimum Gasteiger partial charge on any atom is -0.457 e. The monoisotopic (exact) mass is 470 g/mol. The molecule has 0 saturated carbocycles. The van der Waals surface area contributed by atoms with E-state index in [0.29, 0.717) is 0 Å². The van der Waals surface area contributed by atoms with E-state index in [9.17, 15) is 4.39 Å². The zero-order valence-electron chi connectivity index (χ0n) is 18.9. The van der Waals surface area contributed by atoms with Gasteiger partial charge in [0.25, 0.3) is 0 Å². The molecule has 34 heavy (non-hydrogen) atoms. The summed E-state index contributed by atoms with van der Waals surface area (Å²) in [5, 5.41) is 1.20. The van der Waals surface area contributed by atoms with Gasteiger partial charge in [0.15, 0.2) is 0 Å². The molecule has 170 valence electrons. The van der Waals surface area contributed by atoms with Crippen molar-refractivity contribution in [2.24, 2.45) is 0 Å². The first-order valence-electron chi connectivity index (χ1n) is 11.1. The number of para-hydroxylation sites is 2. The third kappa shape index (κ3) is 4.30. The number of ether oxygens (including phenoxy) is 1. The molecule has 1 aromatic heterocycles. The van der Waals surface area contributed by atoms with Crippen molar-refractivity contribution in [1.29, 1.82) is 0 Å². The van der Waals surface area contributed by atoms with E-state index in [1.54, 1.807) is 12.1 Å². The van der Waals surface area contributed by atoms with Crippen LogP contribution in [0.15, 0.2) is 97.1 Å². The highest BCUT2D eigenvalue weighted by Crippen LogP contribution is 2.41. The van der Waals surface area contributed by atoms with Crippen LogP contribution in [-0.4, -0.2) is 24.0 Å². The predicted molar refractivity (Wildman–Crippen MR) is 137 cm³/mol. The van der Waals surface area contributed by atoms with Crippen LogP contribution in [-0.2, 0) is 0 Å². The molecule has 0 fully saturated rings. The first-order chi connectivity index (χ1) is 16.5. The fourth-order valence-electron chi connectivity index (χ4n) is 4.42. The molecule has 0 bridgehead atoms. The summed E-state index contributed by atoms with van der Waals surface area (Å²) in [4.78, 5) is 5.72. The van der Waals surface area contributed by atoms with Crippen LogP contribution < -0.4 is 4.74 Å². The third-order valence-corrected chi connectivity index (χ3v) is 6.19. The second kappa shape index (κ2) is 9.34. The zero-order valence-corrected chi connectivity index (χ0v) is 19.7. The number of nitrogens with one attached hydrogen (secondary N) is 1. The van der Waals surface area contributed by atoms with Crippen LogP contribution in [0.5, 0.6) is 11.5 Å². The maximum absolute atomic E-state index is 13.9. The highest BCUT2D eigenvalue weighted by atomic mass is 35.5. The van der Waals surface area contributed by atoms with Crippen LogP contribution >= 0.6 is 11.6 Å². The SMILES string of the molecule is CN(C)C(c1cccc(Oc2ccccc2)c1)c1c(-c2ccc(F)c(Cl)c2)[nH]c2ccccc12. The van der Waals surface area contributed by atoms with Crippen LogP contribution in [0.25, 0.3) is 22.2 Å². The quantitative estimate of drug-likeness (QED) is 0.271. The largest absolute Gasteiger partial charge is 0.457 e. The second-order valence-corrected chi connectivity index (χ2v) is 8.85. The Balaban J connectivity index is 1.66. The summed E-state index contributed by atoms with van der Waals surface area (Å²) in [7, 11) is 4.11. The number of hydrogen-bond acceptors (Lipinski definition) is 2. The molecular weight excluding hydrogens is 447 g/mol. The van der Waals surface area contributed by atoms with Crippen molar-refractivity contribution in [2.75, 3.05) is 14.1 Å². The van der Waals surface area contributed by atoms with E-state index in [1.807, 2.05) is 54.6 Å². The summed E-state index contributed by atoms with van der Waals surface area (Å²) in [6.07, 6.45) is 0. The van der Waals surface area contributed by atoms with Crippen molar-refractivity contribution in [3.8, 4) is 22.8 Å². The molecule has 0 spiro atoms. The smallest absolute Gasteiger partial charge is 0.141 e. The molecule has 0 radical (unpaired) electrons. The van der Waals surface area contributed by atoms with Crippen LogP contribution in [0.4, 0.5) is 4.39 Å². The minimum atomic E-state index is -0.432. The Hall–Kier alpha value is -3.60. The van der Waals surface area contributed by atoms with Gasteiger partial charge in [0.2, 0.25) is 0 Å². The molecule has 3 nitrogen and oxygen atoms in total. The number of rotatable bonds is 6. The molecule has 0 aliphatic rings. The van der Waals surface area contributed by atoms with Gasteiger partial charge in [0.05, 0.1) is 16.8 Å². The normalized spacial score (nSPS) is 12.3. The van der Waals surface area contributed by atoms with Gasteiger partial charge >= 0.3 is 0 Å². The zero-order chi connectivity index (χ0) is 23.7. The van der Waals surface area contributed by atoms with Crippen LogP contribution in [0.2, 0.25) is 5.02 Å². The predicted octanol–water partition coefficient (Wildman–Crippen LogP) is 8.07. The van der Waals surface area contributed by atoms with E-state index in [2.05, 4.69) is 48.2 Å². The maximum atomic E-state index is 13.9.